The summed E-state index contributed by atoms with van der Waals surface area (Å²) in [6.07, 6.45) is 5.79. The van der Waals surface area contributed by atoms with Gasteiger partial charge in [-0.25, -0.2) is 4.98 Å². The third-order valence-corrected chi connectivity index (χ3v) is 5.70. The maximum atomic E-state index is 6.08. The number of thiazole rings is 1. The molecule has 0 aromatic carbocycles. The predicted molar refractivity (Wildman–Crippen MR) is 83.9 cm³/mol. The Kier molecular flexibility index (Phi) is 3.59. The van der Waals surface area contributed by atoms with Crippen molar-refractivity contribution in [3.63, 3.8) is 0 Å². The maximum Gasteiger partial charge on any atom is 0.507 e. The van der Waals surface area contributed by atoms with Gasteiger partial charge in [-0.05, 0) is 47.0 Å². The quantitative estimate of drug-likeness (QED) is 0.785. The minimum Gasteiger partial charge on any atom is -0.399 e. The molecule has 0 unspecified atom stereocenters. The topological polar surface area (TPSA) is 34.6 Å². The lowest BCUT2D eigenvalue weighted by atomic mass is 9.89. The first-order chi connectivity index (χ1) is 9.39. The smallest absolute Gasteiger partial charge is 0.399 e. The number of nitrogens with zero attached hydrogens (tertiary/aromatic N) is 2. The molecule has 3 heterocycles. The molecule has 0 spiro atoms. The van der Waals surface area contributed by atoms with Crippen LogP contribution in [-0.4, -0.2) is 36.4 Å². The minimum atomic E-state index is -0.285. The Morgan fingerprint density at radius 1 is 1.10 bits per heavy atom. The van der Waals surface area contributed by atoms with Crippen molar-refractivity contribution in [2.45, 2.75) is 58.2 Å². The van der Waals surface area contributed by atoms with Crippen molar-refractivity contribution in [2.75, 3.05) is 18.0 Å². The van der Waals surface area contributed by atoms with Crippen LogP contribution in [0, 0.1) is 0 Å². The molecule has 3 rings (SSSR count). The maximum absolute atomic E-state index is 6.08. The van der Waals surface area contributed by atoms with Gasteiger partial charge in [0, 0.05) is 19.3 Å². The second-order valence-electron chi connectivity index (χ2n) is 6.68. The Bertz CT molecular complexity index is 467. The van der Waals surface area contributed by atoms with Crippen molar-refractivity contribution in [1.29, 1.82) is 0 Å². The van der Waals surface area contributed by atoms with Gasteiger partial charge in [0.05, 0.1) is 16.0 Å². The second-order valence-corrected chi connectivity index (χ2v) is 7.72. The zero-order chi connectivity index (χ0) is 14.4. The summed E-state index contributed by atoms with van der Waals surface area (Å²) in [6.45, 7) is 10.6. The van der Waals surface area contributed by atoms with Crippen LogP contribution >= 0.6 is 11.3 Å². The minimum absolute atomic E-state index is 0.281. The summed E-state index contributed by atoms with van der Waals surface area (Å²) in [5.74, 6) is 0. The molecule has 20 heavy (non-hydrogen) atoms. The van der Waals surface area contributed by atoms with E-state index >= 15 is 0 Å². The lowest BCUT2D eigenvalue weighted by molar-refractivity contribution is 0.00578. The monoisotopic (exact) mass is 294 g/mol. The lowest BCUT2D eigenvalue weighted by Gasteiger charge is -2.32. The van der Waals surface area contributed by atoms with Crippen LogP contribution in [0.15, 0.2) is 6.20 Å². The Balaban J connectivity index is 1.74. The van der Waals surface area contributed by atoms with Gasteiger partial charge in [-0.15, -0.1) is 11.3 Å². The number of hydrogen-bond acceptors (Lipinski definition) is 5. The summed E-state index contributed by atoms with van der Waals surface area (Å²) in [6, 6.07) is 0. The van der Waals surface area contributed by atoms with E-state index in [9.17, 15) is 0 Å². The van der Waals surface area contributed by atoms with Crippen LogP contribution < -0.4 is 9.68 Å². The molecule has 0 aliphatic carbocycles. The van der Waals surface area contributed by atoms with E-state index in [0.717, 1.165) is 23.0 Å². The lowest BCUT2D eigenvalue weighted by Crippen LogP contribution is -2.41. The highest BCUT2D eigenvalue weighted by Crippen LogP contribution is 2.37. The van der Waals surface area contributed by atoms with Crippen LogP contribution in [-0.2, 0) is 9.31 Å². The van der Waals surface area contributed by atoms with E-state index in [1.807, 2.05) is 6.20 Å². The molecule has 0 amide bonds. The third kappa shape index (κ3) is 2.49. The molecule has 0 N–H and O–H groups in total. The molecule has 110 valence electrons. The van der Waals surface area contributed by atoms with E-state index < -0.39 is 0 Å². The van der Waals surface area contributed by atoms with Crippen LogP contribution in [0.4, 0.5) is 5.13 Å². The Morgan fingerprint density at radius 3 is 2.30 bits per heavy atom. The molecule has 2 aliphatic rings. The molecule has 4 nitrogen and oxygen atoms in total. The van der Waals surface area contributed by atoms with Gasteiger partial charge in [-0.3, -0.25) is 0 Å². The average Bonchev–Trinajstić information content (AvgIpc) is 2.94. The van der Waals surface area contributed by atoms with Crippen LogP contribution in [0.3, 0.4) is 0 Å². The normalized spacial score (nSPS) is 25.2. The summed E-state index contributed by atoms with van der Waals surface area (Å²) in [4.78, 5) is 6.94. The molecular formula is C14H23BN2O2S. The fourth-order valence-corrected chi connectivity index (χ4v) is 3.50. The first kappa shape index (κ1) is 14.4. The zero-order valence-corrected chi connectivity index (χ0v) is 13.6. The number of rotatable bonds is 2. The van der Waals surface area contributed by atoms with Crippen LogP contribution in [0.25, 0.3) is 0 Å². The highest BCUT2D eigenvalue weighted by atomic mass is 32.1. The molecule has 2 saturated heterocycles. The molecule has 2 aliphatic heterocycles. The summed E-state index contributed by atoms with van der Waals surface area (Å²) >= 11 is 1.70. The Labute approximate surface area is 125 Å². The Morgan fingerprint density at radius 2 is 1.70 bits per heavy atom. The largest absolute Gasteiger partial charge is 0.507 e. The van der Waals surface area contributed by atoms with E-state index in [1.165, 1.54) is 19.3 Å². The van der Waals surface area contributed by atoms with Crippen molar-refractivity contribution in [2.24, 2.45) is 0 Å². The van der Waals surface area contributed by atoms with Crippen molar-refractivity contribution in [3.8, 4) is 0 Å². The summed E-state index contributed by atoms with van der Waals surface area (Å²) < 4.78 is 13.2. The van der Waals surface area contributed by atoms with Crippen molar-refractivity contribution in [1.82, 2.24) is 4.98 Å². The molecule has 0 saturated carbocycles. The molecule has 0 radical (unpaired) electrons. The molecule has 2 fully saturated rings. The fourth-order valence-electron chi connectivity index (χ4n) is 2.58. The average molecular weight is 294 g/mol. The van der Waals surface area contributed by atoms with Gasteiger partial charge in [0.1, 0.15) is 0 Å². The van der Waals surface area contributed by atoms with Crippen LogP contribution in [0.1, 0.15) is 47.0 Å². The van der Waals surface area contributed by atoms with Crippen molar-refractivity contribution < 1.29 is 9.31 Å². The van der Waals surface area contributed by atoms with Crippen molar-refractivity contribution in [3.05, 3.63) is 6.20 Å². The highest BCUT2D eigenvalue weighted by molar-refractivity contribution is 7.25. The zero-order valence-electron chi connectivity index (χ0n) is 12.8. The number of piperidine rings is 1. The summed E-state index contributed by atoms with van der Waals surface area (Å²) in [5.41, 5.74) is -0.570. The fraction of sp³-hybridized carbons (Fsp3) is 0.786. The first-order valence-electron chi connectivity index (χ1n) is 7.45. The molecular weight excluding hydrogens is 271 g/mol. The van der Waals surface area contributed by atoms with E-state index in [-0.39, 0.29) is 18.3 Å². The third-order valence-electron chi connectivity index (χ3n) is 4.62. The van der Waals surface area contributed by atoms with Crippen LogP contribution in [0.5, 0.6) is 0 Å². The van der Waals surface area contributed by atoms with Crippen LogP contribution in [0.2, 0.25) is 0 Å². The van der Waals surface area contributed by atoms with Gasteiger partial charge in [0.15, 0.2) is 5.13 Å². The van der Waals surface area contributed by atoms with Crippen molar-refractivity contribution >= 4 is 28.4 Å². The molecule has 1 aromatic rings. The molecule has 6 heteroatoms. The van der Waals surface area contributed by atoms with Gasteiger partial charge in [-0.2, -0.15) is 0 Å². The Hall–Kier alpha value is -0.585. The molecule has 0 atom stereocenters. The first-order valence-corrected chi connectivity index (χ1v) is 8.27. The van der Waals surface area contributed by atoms with E-state index in [1.54, 1.807) is 11.3 Å². The number of hydrogen-bond donors (Lipinski definition) is 0. The van der Waals surface area contributed by atoms with Gasteiger partial charge < -0.3 is 14.2 Å². The number of anilines is 1. The van der Waals surface area contributed by atoms with Gasteiger partial charge in [0.2, 0.25) is 0 Å². The standard InChI is InChI=1S/C14H23BN2O2S/c1-13(2)14(3,4)19-15(18-13)11-10-16-12(20-11)17-8-6-5-7-9-17/h10H,5-9H2,1-4H3. The number of aromatic nitrogens is 1. The van der Waals surface area contributed by atoms with Gasteiger partial charge in [0.25, 0.3) is 0 Å². The SMILES string of the molecule is CC1(C)OB(c2cnc(N3CCCCC3)s2)OC1(C)C. The summed E-state index contributed by atoms with van der Waals surface area (Å²) in [5, 5.41) is 1.11. The van der Waals surface area contributed by atoms with E-state index in [2.05, 4.69) is 37.6 Å². The van der Waals surface area contributed by atoms with E-state index in [0.29, 0.717) is 0 Å². The van der Waals surface area contributed by atoms with Gasteiger partial charge >= 0.3 is 7.12 Å². The second kappa shape index (κ2) is 5.00. The molecule has 1 aromatic heterocycles. The van der Waals surface area contributed by atoms with Gasteiger partial charge in [-0.1, -0.05) is 0 Å². The summed E-state index contributed by atoms with van der Waals surface area (Å²) in [7, 11) is -0.281. The van der Waals surface area contributed by atoms with E-state index in [4.69, 9.17) is 9.31 Å². The molecule has 0 bridgehead atoms. The predicted octanol–water partition coefficient (Wildman–Crippen LogP) is 2.43. The highest BCUT2D eigenvalue weighted by Gasteiger charge is 2.52.